The Morgan fingerprint density at radius 1 is 1.00 bits per heavy atom. The summed E-state index contributed by atoms with van der Waals surface area (Å²) in [5.41, 5.74) is 2.90. The monoisotopic (exact) mass is 334 g/mol. The zero-order valence-corrected chi connectivity index (χ0v) is 13.5. The van der Waals surface area contributed by atoms with Crippen LogP contribution in [-0.4, -0.2) is 12.2 Å². The minimum absolute atomic E-state index is 0.488. The summed E-state index contributed by atoms with van der Waals surface area (Å²) in [5, 5.41) is 10.6. The third-order valence-electron chi connectivity index (χ3n) is 3.41. The Bertz CT molecular complexity index is 576. The van der Waals surface area contributed by atoms with E-state index in [0.29, 0.717) is 11.7 Å². The summed E-state index contributed by atoms with van der Waals surface area (Å²) in [6.07, 6.45) is -0.691. The SMILES string of the molecule is COc1ccc(Br)cc1C(O)c1ccc(C(C)C)cc1. The molecule has 0 aliphatic carbocycles. The standard InChI is InChI=1S/C17H19BrO2/c1-11(2)12-4-6-13(7-5-12)17(19)15-10-14(18)8-9-16(15)20-3/h4-11,17,19H,1-3H3. The average molecular weight is 335 g/mol. The lowest BCUT2D eigenvalue weighted by Crippen LogP contribution is -2.03. The summed E-state index contributed by atoms with van der Waals surface area (Å²) in [6.45, 7) is 4.31. The Morgan fingerprint density at radius 2 is 1.60 bits per heavy atom. The van der Waals surface area contributed by atoms with Gasteiger partial charge >= 0.3 is 0 Å². The zero-order chi connectivity index (χ0) is 14.7. The fourth-order valence-corrected chi connectivity index (χ4v) is 2.54. The normalized spacial score (nSPS) is 12.5. The van der Waals surface area contributed by atoms with Gasteiger partial charge in [-0.3, -0.25) is 0 Å². The van der Waals surface area contributed by atoms with Crippen LogP contribution >= 0.6 is 15.9 Å². The third kappa shape index (κ3) is 3.22. The van der Waals surface area contributed by atoms with Gasteiger partial charge in [0.15, 0.2) is 0 Å². The van der Waals surface area contributed by atoms with Crippen LogP contribution in [0.5, 0.6) is 5.75 Å². The van der Waals surface area contributed by atoms with Gasteiger partial charge in [-0.1, -0.05) is 54.0 Å². The van der Waals surface area contributed by atoms with Gasteiger partial charge in [0.2, 0.25) is 0 Å². The Hall–Kier alpha value is -1.32. The lowest BCUT2D eigenvalue weighted by atomic mass is 9.96. The van der Waals surface area contributed by atoms with Crippen molar-refractivity contribution in [3.8, 4) is 5.75 Å². The quantitative estimate of drug-likeness (QED) is 0.880. The van der Waals surface area contributed by atoms with Gasteiger partial charge in [-0.05, 0) is 35.2 Å². The van der Waals surface area contributed by atoms with E-state index < -0.39 is 6.10 Å². The second-order valence-electron chi connectivity index (χ2n) is 5.11. The molecule has 0 saturated heterocycles. The lowest BCUT2D eigenvalue weighted by Gasteiger charge is -2.16. The average Bonchev–Trinajstić information content (AvgIpc) is 2.46. The molecule has 1 unspecified atom stereocenters. The molecule has 0 aliphatic rings. The fourth-order valence-electron chi connectivity index (χ4n) is 2.16. The number of halogens is 1. The first-order valence-electron chi connectivity index (χ1n) is 6.64. The number of hydrogen-bond donors (Lipinski definition) is 1. The van der Waals surface area contributed by atoms with Crippen molar-refractivity contribution in [2.45, 2.75) is 25.9 Å². The van der Waals surface area contributed by atoms with Crippen molar-refractivity contribution in [1.82, 2.24) is 0 Å². The lowest BCUT2D eigenvalue weighted by molar-refractivity contribution is 0.214. The summed E-state index contributed by atoms with van der Waals surface area (Å²) in [5.74, 6) is 1.18. The maximum absolute atomic E-state index is 10.6. The van der Waals surface area contributed by atoms with E-state index >= 15 is 0 Å². The van der Waals surface area contributed by atoms with Crippen molar-refractivity contribution in [3.63, 3.8) is 0 Å². The highest BCUT2D eigenvalue weighted by molar-refractivity contribution is 9.10. The first-order valence-corrected chi connectivity index (χ1v) is 7.43. The summed E-state index contributed by atoms with van der Waals surface area (Å²) in [4.78, 5) is 0. The van der Waals surface area contributed by atoms with Crippen LogP contribution in [0, 0.1) is 0 Å². The number of aliphatic hydroxyl groups excluding tert-OH is 1. The molecule has 0 spiro atoms. The van der Waals surface area contributed by atoms with E-state index in [4.69, 9.17) is 4.74 Å². The van der Waals surface area contributed by atoms with Crippen LogP contribution in [-0.2, 0) is 0 Å². The molecule has 3 heteroatoms. The van der Waals surface area contributed by atoms with Crippen molar-refractivity contribution in [3.05, 3.63) is 63.6 Å². The highest BCUT2D eigenvalue weighted by Crippen LogP contribution is 2.32. The summed E-state index contributed by atoms with van der Waals surface area (Å²) in [7, 11) is 1.61. The van der Waals surface area contributed by atoms with Gasteiger partial charge in [0.25, 0.3) is 0 Å². The van der Waals surface area contributed by atoms with Crippen LogP contribution in [0.4, 0.5) is 0 Å². The maximum Gasteiger partial charge on any atom is 0.125 e. The molecular weight excluding hydrogens is 316 g/mol. The van der Waals surface area contributed by atoms with Gasteiger partial charge in [0.05, 0.1) is 7.11 Å². The smallest absolute Gasteiger partial charge is 0.125 e. The van der Waals surface area contributed by atoms with E-state index in [1.807, 2.05) is 30.3 Å². The molecule has 2 nitrogen and oxygen atoms in total. The number of aliphatic hydroxyl groups is 1. The molecule has 0 aromatic heterocycles. The third-order valence-corrected chi connectivity index (χ3v) is 3.90. The van der Waals surface area contributed by atoms with Crippen molar-refractivity contribution >= 4 is 15.9 Å². The van der Waals surface area contributed by atoms with Crippen molar-refractivity contribution < 1.29 is 9.84 Å². The van der Waals surface area contributed by atoms with Crippen LogP contribution in [0.15, 0.2) is 46.9 Å². The maximum atomic E-state index is 10.6. The molecule has 1 N–H and O–H groups in total. The zero-order valence-electron chi connectivity index (χ0n) is 11.9. The van der Waals surface area contributed by atoms with E-state index in [9.17, 15) is 5.11 Å². The first kappa shape index (κ1) is 15.1. The topological polar surface area (TPSA) is 29.5 Å². The van der Waals surface area contributed by atoms with Gasteiger partial charge in [-0.15, -0.1) is 0 Å². The van der Waals surface area contributed by atoms with Crippen LogP contribution < -0.4 is 4.74 Å². The minimum Gasteiger partial charge on any atom is -0.496 e. The van der Waals surface area contributed by atoms with Crippen LogP contribution in [0.3, 0.4) is 0 Å². The predicted molar refractivity (Wildman–Crippen MR) is 85.3 cm³/mol. The molecule has 0 amide bonds. The van der Waals surface area contributed by atoms with Crippen LogP contribution in [0.1, 0.15) is 42.6 Å². The first-order chi connectivity index (χ1) is 9.52. The van der Waals surface area contributed by atoms with Crippen LogP contribution in [0.25, 0.3) is 0 Å². The molecule has 20 heavy (non-hydrogen) atoms. The highest BCUT2D eigenvalue weighted by Gasteiger charge is 2.16. The fraction of sp³-hybridized carbons (Fsp3) is 0.294. The largest absolute Gasteiger partial charge is 0.496 e. The number of rotatable bonds is 4. The molecule has 0 heterocycles. The molecule has 1 atom stereocenters. The van der Waals surface area contributed by atoms with Gasteiger partial charge in [-0.2, -0.15) is 0 Å². The minimum atomic E-state index is -0.691. The van der Waals surface area contributed by atoms with Crippen molar-refractivity contribution in [2.24, 2.45) is 0 Å². The molecule has 0 bridgehead atoms. The van der Waals surface area contributed by atoms with E-state index in [0.717, 1.165) is 15.6 Å². The van der Waals surface area contributed by atoms with E-state index in [1.165, 1.54) is 5.56 Å². The Balaban J connectivity index is 2.35. The Kier molecular flexibility index (Phi) is 4.84. The van der Waals surface area contributed by atoms with Crippen molar-refractivity contribution in [2.75, 3.05) is 7.11 Å². The molecule has 2 rings (SSSR count). The van der Waals surface area contributed by atoms with Gasteiger partial charge in [0.1, 0.15) is 11.9 Å². The number of hydrogen-bond acceptors (Lipinski definition) is 2. The highest BCUT2D eigenvalue weighted by atomic mass is 79.9. The van der Waals surface area contributed by atoms with Gasteiger partial charge in [-0.25, -0.2) is 0 Å². The Labute approximate surface area is 128 Å². The number of benzene rings is 2. The second kappa shape index (κ2) is 6.42. The van der Waals surface area contributed by atoms with Gasteiger partial charge in [0, 0.05) is 10.0 Å². The second-order valence-corrected chi connectivity index (χ2v) is 6.03. The molecular formula is C17H19BrO2. The number of methoxy groups -OCH3 is 1. The predicted octanol–water partition coefficient (Wildman–Crippen LogP) is 4.66. The molecule has 0 radical (unpaired) electrons. The Morgan fingerprint density at radius 3 is 2.15 bits per heavy atom. The summed E-state index contributed by atoms with van der Waals surface area (Å²) in [6, 6.07) is 13.7. The summed E-state index contributed by atoms with van der Waals surface area (Å²) < 4.78 is 6.25. The molecule has 0 fully saturated rings. The molecule has 2 aromatic rings. The molecule has 0 saturated carbocycles. The molecule has 106 valence electrons. The van der Waals surface area contributed by atoms with Crippen molar-refractivity contribution in [1.29, 1.82) is 0 Å². The van der Waals surface area contributed by atoms with E-state index in [1.54, 1.807) is 7.11 Å². The molecule has 0 aliphatic heterocycles. The van der Waals surface area contributed by atoms with Gasteiger partial charge < -0.3 is 9.84 Å². The number of ether oxygens (including phenoxy) is 1. The summed E-state index contributed by atoms with van der Waals surface area (Å²) >= 11 is 3.43. The van der Waals surface area contributed by atoms with E-state index in [-0.39, 0.29) is 0 Å². The van der Waals surface area contributed by atoms with Crippen LogP contribution in [0.2, 0.25) is 0 Å². The van der Waals surface area contributed by atoms with E-state index in [2.05, 4.69) is 41.9 Å². The molecule has 2 aromatic carbocycles.